The Morgan fingerprint density at radius 2 is 2.05 bits per heavy atom. The van der Waals surface area contributed by atoms with Gasteiger partial charge in [0, 0.05) is 17.7 Å². The highest BCUT2D eigenvalue weighted by atomic mass is 19.1. The Morgan fingerprint density at radius 3 is 2.67 bits per heavy atom. The first-order valence-electron chi connectivity index (χ1n) is 6.51. The number of benzene rings is 2. The van der Waals surface area contributed by atoms with Gasteiger partial charge in [-0.25, -0.2) is 4.39 Å². The average Bonchev–Trinajstić information content (AvgIpc) is 2.47. The summed E-state index contributed by atoms with van der Waals surface area (Å²) in [6, 6.07) is 9.71. The first-order valence-corrected chi connectivity index (χ1v) is 6.51. The summed E-state index contributed by atoms with van der Waals surface area (Å²) in [5, 5.41) is 23.5. The van der Waals surface area contributed by atoms with Crippen LogP contribution in [0.5, 0.6) is 5.75 Å². The fourth-order valence-electron chi connectivity index (χ4n) is 2.11. The Labute approximate surface area is 121 Å². The molecule has 2 rings (SSSR count). The van der Waals surface area contributed by atoms with Gasteiger partial charge in [-0.1, -0.05) is 25.1 Å². The van der Waals surface area contributed by atoms with Gasteiger partial charge in [-0.05, 0) is 18.6 Å². The average molecular weight is 290 g/mol. The molecule has 0 saturated heterocycles. The van der Waals surface area contributed by atoms with Crippen molar-refractivity contribution in [3.63, 3.8) is 0 Å². The summed E-state index contributed by atoms with van der Waals surface area (Å²) in [6.07, 6.45) is 0.583. The minimum absolute atomic E-state index is 0.0410. The van der Waals surface area contributed by atoms with Crippen molar-refractivity contribution in [1.82, 2.24) is 0 Å². The van der Waals surface area contributed by atoms with Crippen LogP contribution in [0.1, 0.15) is 24.9 Å². The zero-order valence-electron chi connectivity index (χ0n) is 11.4. The molecule has 2 N–H and O–H groups in total. The molecule has 1 unspecified atom stereocenters. The van der Waals surface area contributed by atoms with Crippen LogP contribution in [0.15, 0.2) is 42.5 Å². The Hall–Kier alpha value is -2.63. The lowest BCUT2D eigenvalue weighted by atomic mass is 10.0. The molecule has 0 radical (unpaired) electrons. The van der Waals surface area contributed by atoms with E-state index < -0.39 is 10.7 Å². The topological polar surface area (TPSA) is 75.4 Å². The van der Waals surface area contributed by atoms with E-state index in [2.05, 4.69) is 5.32 Å². The molecule has 0 heterocycles. The maximum Gasteiger partial charge on any atom is 0.271 e. The number of anilines is 1. The molecule has 0 spiro atoms. The largest absolute Gasteiger partial charge is 0.508 e. The molecule has 2 aromatic carbocycles. The molecule has 0 saturated carbocycles. The summed E-state index contributed by atoms with van der Waals surface area (Å²) < 4.78 is 13.8. The van der Waals surface area contributed by atoms with E-state index in [9.17, 15) is 19.6 Å². The van der Waals surface area contributed by atoms with Gasteiger partial charge in [0.05, 0.1) is 16.7 Å². The number of halogens is 1. The molecular weight excluding hydrogens is 275 g/mol. The monoisotopic (exact) mass is 290 g/mol. The third-order valence-electron chi connectivity index (χ3n) is 3.21. The lowest BCUT2D eigenvalue weighted by Gasteiger charge is -2.20. The zero-order valence-corrected chi connectivity index (χ0v) is 11.4. The number of rotatable bonds is 5. The number of nitrogens with zero attached hydrogens (tertiary/aromatic N) is 1. The van der Waals surface area contributed by atoms with E-state index in [1.54, 1.807) is 24.3 Å². The molecular formula is C15H15FN2O3. The normalized spacial score (nSPS) is 11.9. The SMILES string of the molecule is CCC(Nc1cc([N+](=O)[O-])ccc1F)c1ccccc1O. The van der Waals surface area contributed by atoms with Crippen LogP contribution in [0.2, 0.25) is 0 Å². The predicted molar refractivity (Wildman–Crippen MR) is 77.8 cm³/mol. The molecule has 0 aliphatic carbocycles. The molecule has 0 amide bonds. The second kappa shape index (κ2) is 6.21. The number of hydrogen-bond acceptors (Lipinski definition) is 4. The summed E-state index contributed by atoms with van der Waals surface area (Å²) in [7, 11) is 0. The molecule has 0 aromatic heterocycles. The van der Waals surface area contributed by atoms with Crippen LogP contribution in [-0.4, -0.2) is 10.0 Å². The second-order valence-electron chi connectivity index (χ2n) is 4.59. The number of nitro benzene ring substituents is 1. The Bertz CT molecular complexity index is 661. The third kappa shape index (κ3) is 3.28. The van der Waals surface area contributed by atoms with Crippen molar-refractivity contribution in [3.05, 3.63) is 64.0 Å². The van der Waals surface area contributed by atoms with Gasteiger partial charge in [0.25, 0.3) is 5.69 Å². The van der Waals surface area contributed by atoms with Crippen LogP contribution in [0.3, 0.4) is 0 Å². The number of phenolic OH excluding ortho intramolecular Hbond substituents is 1. The zero-order chi connectivity index (χ0) is 15.4. The Kier molecular flexibility index (Phi) is 4.37. The standard InChI is InChI=1S/C15H15FN2O3/c1-2-13(11-5-3-4-6-15(11)19)17-14-9-10(18(20)21)7-8-12(14)16/h3-9,13,17,19H,2H2,1H3. The maximum absolute atomic E-state index is 13.8. The van der Waals surface area contributed by atoms with Gasteiger partial charge in [-0.3, -0.25) is 10.1 Å². The molecule has 0 fully saturated rings. The van der Waals surface area contributed by atoms with Gasteiger partial charge >= 0.3 is 0 Å². The van der Waals surface area contributed by atoms with E-state index in [0.29, 0.717) is 12.0 Å². The van der Waals surface area contributed by atoms with Crippen molar-refractivity contribution in [3.8, 4) is 5.75 Å². The van der Waals surface area contributed by atoms with Crippen molar-refractivity contribution >= 4 is 11.4 Å². The Balaban J connectivity index is 2.33. The van der Waals surface area contributed by atoms with E-state index in [1.165, 1.54) is 0 Å². The summed E-state index contributed by atoms with van der Waals surface area (Å²) in [4.78, 5) is 10.2. The van der Waals surface area contributed by atoms with Gasteiger partial charge in [-0.2, -0.15) is 0 Å². The number of non-ortho nitro benzene ring substituents is 1. The molecule has 2 aromatic rings. The van der Waals surface area contributed by atoms with Crippen LogP contribution in [-0.2, 0) is 0 Å². The molecule has 6 heteroatoms. The van der Waals surface area contributed by atoms with E-state index in [-0.39, 0.29) is 23.2 Å². The summed E-state index contributed by atoms with van der Waals surface area (Å²) in [5.41, 5.74) is 0.469. The number of nitrogens with one attached hydrogen (secondary N) is 1. The first kappa shape index (κ1) is 14.8. The van der Waals surface area contributed by atoms with Crippen molar-refractivity contribution < 1.29 is 14.4 Å². The van der Waals surface area contributed by atoms with Gasteiger partial charge in [0.1, 0.15) is 11.6 Å². The van der Waals surface area contributed by atoms with Gasteiger partial charge in [-0.15, -0.1) is 0 Å². The van der Waals surface area contributed by atoms with Crippen LogP contribution in [0, 0.1) is 15.9 Å². The lowest BCUT2D eigenvalue weighted by Crippen LogP contribution is -2.11. The molecule has 1 atom stereocenters. The summed E-state index contributed by atoms with van der Waals surface area (Å²) in [6.45, 7) is 1.87. The number of hydrogen-bond donors (Lipinski definition) is 2. The fourth-order valence-corrected chi connectivity index (χ4v) is 2.11. The number of phenols is 1. The van der Waals surface area contributed by atoms with E-state index in [0.717, 1.165) is 18.2 Å². The molecule has 21 heavy (non-hydrogen) atoms. The van der Waals surface area contributed by atoms with Crippen molar-refractivity contribution in [1.29, 1.82) is 0 Å². The third-order valence-corrected chi connectivity index (χ3v) is 3.21. The van der Waals surface area contributed by atoms with Crippen molar-refractivity contribution in [2.75, 3.05) is 5.32 Å². The van der Waals surface area contributed by atoms with Crippen molar-refractivity contribution in [2.24, 2.45) is 0 Å². The molecule has 5 nitrogen and oxygen atoms in total. The summed E-state index contributed by atoms with van der Waals surface area (Å²) in [5.74, 6) is -0.475. The van der Waals surface area contributed by atoms with Crippen LogP contribution < -0.4 is 5.32 Å². The quantitative estimate of drug-likeness (QED) is 0.644. The van der Waals surface area contributed by atoms with E-state index in [1.807, 2.05) is 6.92 Å². The maximum atomic E-state index is 13.8. The van der Waals surface area contributed by atoms with Gasteiger partial charge in [0.2, 0.25) is 0 Å². The lowest BCUT2D eigenvalue weighted by molar-refractivity contribution is -0.384. The number of aromatic hydroxyl groups is 1. The summed E-state index contributed by atoms with van der Waals surface area (Å²) >= 11 is 0. The first-order chi connectivity index (χ1) is 10.0. The fraction of sp³-hybridized carbons (Fsp3) is 0.200. The second-order valence-corrected chi connectivity index (χ2v) is 4.59. The minimum atomic E-state index is -0.578. The van der Waals surface area contributed by atoms with Crippen LogP contribution >= 0.6 is 0 Å². The van der Waals surface area contributed by atoms with Gasteiger partial charge < -0.3 is 10.4 Å². The predicted octanol–water partition coefficient (Wildman–Crippen LogP) is 4.00. The molecule has 110 valence electrons. The molecule has 0 aliphatic rings. The van der Waals surface area contributed by atoms with E-state index in [4.69, 9.17) is 0 Å². The van der Waals surface area contributed by atoms with E-state index >= 15 is 0 Å². The molecule has 0 aliphatic heterocycles. The number of nitro groups is 1. The van der Waals surface area contributed by atoms with Gasteiger partial charge in [0.15, 0.2) is 0 Å². The highest BCUT2D eigenvalue weighted by Gasteiger charge is 2.17. The number of para-hydroxylation sites is 1. The van der Waals surface area contributed by atoms with Crippen molar-refractivity contribution in [2.45, 2.75) is 19.4 Å². The highest BCUT2D eigenvalue weighted by molar-refractivity contribution is 5.54. The Morgan fingerprint density at radius 1 is 1.33 bits per heavy atom. The smallest absolute Gasteiger partial charge is 0.271 e. The minimum Gasteiger partial charge on any atom is -0.508 e. The highest BCUT2D eigenvalue weighted by Crippen LogP contribution is 2.31. The van der Waals surface area contributed by atoms with Crippen LogP contribution in [0.4, 0.5) is 15.8 Å². The van der Waals surface area contributed by atoms with Crippen LogP contribution in [0.25, 0.3) is 0 Å². The molecule has 0 bridgehead atoms.